The van der Waals surface area contributed by atoms with Gasteiger partial charge in [0.25, 0.3) is 0 Å². The molecule has 3 aromatic heterocycles. The van der Waals surface area contributed by atoms with E-state index in [0.717, 1.165) is 20.7 Å². The van der Waals surface area contributed by atoms with Gasteiger partial charge in [0, 0.05) is 12.7 Å². The van der Waals surface area contributed by atoms with E-state index in [1.807, 2.05) is 22.9 Å². The summed E-state index contributed by atoms with van der Waals surface area (Å²) in [5.41, 5.74) is 3.71. The Kier molecular flexibility index (Phi) is 3.43. The van der Waals surface area contributed by atoms with E-state index >= 15 is 0 Å². The zero-order valence-electron chi connectivity index (χ0n) is 10.2. The van der Waals surface area contributed by atoms with Crippen LogP contribution in [0.5, 0.6) is 0 Å². The number of aromatic nitrogens is 2. The van der Waals surface area contributed by atoms with Crippen molar-refractivity contribution in [2.24, 2.45) is 5.84 Å². The van der Waals surface area contributed by atoms with Crippen molar-refractivity contribution < 1.29 is 4.74 Å². The standard InChI is InChI=1S/C12H12N4OS2/c1-17-5-7-6-19-12-9(7)11(16-13)14-10(15-12)8-3-2-4-18-8/h2-4,6H,5,13H2,1H3,(H,14,15,16). The second kappa shape index (κ2) is 5.22. The third-order valence-corrected chi connectivity index (χ3v) is 4.47. The number of rotatable bonds is 4. The summed E-state index contributed by atoms with van der Waals surface area (Å²) in [6.45, 7) is 0.524. The number of nitrogens with one attached hydrogen (secondary N) is 1. The molecule has 0 aromatic carbocycles. The van der Waals surface area contributed by atoms with Crippen LogP contribution in [0.15, 0.2) is 22.9 Å². The number of fused-ring (bicyclic) bond motifs is 1. The highest BCUT2D eigenvalue weighted by atomic mass is 32.1. The van der Waals surface area contributed by atoms with Crippen molar-refractivity contribution >= 4 is 38.7 Å². The van der Waals surface area contributed by atoms with Crippen molar-refractivity contribution in [1.29, 1.82) is 0 Å². The molecule has 3 N–H and O–H groups in total. The SMILES string of the molecule is COCc1csc2nc(-c3cccs3)nc(NN)c12. The smallest absolute Gasteiger partial charge is 0.173 e. The summed E-state index contributed by atoms with van der Waals surface area (Å²) in [7, 11) is 1.67. The van der Waals surface area contributed by atoms with Gasteiger partial charge in [0.15, 0.2) is 11.6 Å². The first-order chi connectivity index (χ1) is 9.33. The lowest BCUT2D eigenvalue weighted by Crippen LogP contribution is -2.10. The van der Waals surface area contributed by atoms with Crippen LogP contribution in [0, 0.1) is 0 Å². The number of hydrogen-bond acceptors (Lipinski definition) is 7. The Labute approximate surface area is 118 Å². The number of thiophene rings is 2. The average molecular weight is 292 g/mol. The molecule has 19 heavy (non-hydrogen) atoms. The first-order valence-electron chi connectivity index (χ1n) is 5.61. The Bertz CT molecular complexity index is 693. The summed E-state index contributed by atoms with van der Waals surface area (Å²) in [6.07, 6.45) is 0. The normalized spacial score (nSPS) is 11.1. The number of nitrogens with two attached hydrogens (primary N) is 1. The maximum absolute atomic E-state index is 5.59. The maximum atomic E-state index is 5.59. The fourth-order valence-electron chi connectivity index (χ4n) is 1.88. The molecule has 0 unspecified atom stereocenters. The highest BCUT2D eigenvalue weighted by Crippen LogP contribution is 2.33. The van der Waals surface area contributed by atoms with Gasteiger partial charge in [-0.3, -0.25) is 0 Å². The summed E-state index contributed by atoms with van der Waals surface area (Å²) in [5.74, 6) is 6.93. The highest BCUT2D eigenvalue weighted by Gasteiger charge is 2.14. The Balaban J connectivity index is 2.20. The van der Waals surface area contributed by atoms with E-state index in [-0.39, 0.29) is 0 Å². The monoisotopic (exact) mass is 292 g/mol. The number of methoxy groups -OCH3 is 1. The van der Waals surface area contributed by atoms with E-state index in [1.54, 1.807) is 29.8 Å². The quantitative estimate of drug-likeness (QED) is 0.571. The summed E-state index contributed by atoms with van der Waals surface area (Å²) in [5, 5.41) is 4.97. The van der Waals surface area contributed by atoms with Crippen LogP contribution in [0.1, 0.15) is 5.56 Å². The van der Waals surface area contributed by atoms with E-state index in [4.69, 9.17) is 10.6 Å². The van der Waals surface area contributed by atoms with Gasteiger partial charge < -0.3 is 10.2 Å². The van der Waals surface area contributed by atoms with Crippen molar-refractivity contribution in [3.8, 4) is 10.7 Å². The first kappa shape index (κ1) is 12.5. The lowest BCUT2D eigenvalue weighted by atomic mass is 10.2. The Morgan fingerprint density at radius 2 is 2.26 bits per heavy atom. The molecule has 0 fully saturated rings. The van der Waals surface area contributed by atoms with Crippen LogP contribution in [-0.4, -0.2) is 17.1 Å². The molecule has 3 aromatic rings. The number of anilines is 1. The van der Waals surface area contributed by atoms with E-state index < -0.39 is 0 Å². The van der Waals surface area contributed by atoms with Gasteiger partial charge in [-0.2, -0.15) is 0 Å². The number of ether oxygens (including phenoxy) is 1. The van der Waals surface area contributed by atoms with Gasteiger partial charge in [-0.15, -0.1) is 22.7 Å². The minimum atomic E-state index is 0.524. The predicted molar refractivity (Wildman–Crippen MR) is 79.3 cm³/mol. The molecule has 0 saturated heterocycles. The Morgan fingerprint density at radius 3 is 2.95 bits per heavy atom. The van der Waals surface area contributed by atoms with E-state index in [9.17, 15) is 0 Å². The molecule has 5 nitrogen and oxygen atoms in total. The van der Waals surface area contributed by atoms with Crippen molar-refractivity contribution in [3.05, 3.63) is 28.5 Å². The van der Waals surface area contributed by atoms with Crippen LogP contribution in [0.2, 0.25) is 0 Å². The van der Waals surface area contributed by atoms with Gasteiger partial charge in [-0.25, -0.2) is 15.8 Å². The second-order valence-corrected chi connectivity index (χ2v) is 5.70. The van der Waals surface area contributed by atoms with E-state index in [0.29, 0.717) is 18.2 Å². The minimum Gasteiger partial charge on any atom is -0.380 e. The molecule has 0 saturated carbocycles. The van der Waals surface area contributed by atoms with Gasteiger partial charge in [-0.05, 0) is 16.8 Å². The van der Waals surface area contributed by atoms with Gasteiger partial charge in [0.2, 0.25) is 0 Å². The van der Waals surface area contributed by atoms with E-state index in [1.165, 1.54) is 0 Å². The van der Waals surface area contributed by atoms with Crippen LogP contribution in [-0.2, 0) is 11.3 Å². The molecular weight excluding hydrogens is 280 g/mol. The molecule has 0 atom stereocenters. The number of nitrogens with zero attached hydrogens (tertiary/aromatic N) is 2. The number of nitrogen functional groups attached to an aromatic ring is 1. The van der Waals surface area contributed by atoms with Crippen LogP contribution < -0.4 is 11.3 Å². The van der Waals surface area contributed by atoms with Crippen LogP contribution >= 0.6 is 22.7 Å². The first-order valence-corrected chi connectivity index (χ1v) is 7.37. The highest BCUT2D eigenvalue weighted by molar-refractivity contribution is 7.17. The summed E-state index contributed by atoms with van der Waals surface area (Å²) in [4.78, 5) is 11.0. The van der Waals surface area contributed by atoms with Gasteiger partial charge in [-0.1, -0.05) is 6.07 Å². The summed E-state index contributed by atoms with van der Waals surface area (Å²) >= 11 is 3.18. The molecule has 7 heteroatoms. The van der Waals surface area contributed by atoms with Crippen molar-refractivity contribution in [2.75, 3.05) is 12.5 Å². The fraction of sp³-hybridized carbons (Fsp3) is 0.167. The molecule has 0 amide bonds. The van der Waals surface area contributed by atoms with Crippen LogP contribution in [0.4, 0.5) is 5.82 Å². The average Bonchev–Trinajstić information content (AvgIpc) is 3.07. The zero-order chi connectivity index (χ0) is 13.2. The molecule has 98 valence electrons. The molecule has 0 aliphatic carbocycles. The summed E-state index contributed by atoms with van der Waals surface area (Å²) < 4.78 is 5.18. The lowest BCUT2D eigenvalue weighted by molar-refractivity contribution is 0.186. The van der Waals surface area contributed by atoms with Crippen molar-refractivity contribution in [2.45, 2.75) is 6.61 Å². The molecule has 0 aliphatic heterocycles. The lowest BCUT2D eigenvalue weighted by Gasteiger charge is -2.06. The third-order valence-electron chi connectivity index (χ3n) is 2.69. The van der Waals surface area contributed by atoms with Crippen LogP contribution in [0.3, 0.4) is 0 Å². The Hall–Kier alpha value is -1.54. The van der Waals surface area contributed by atoms with Crippen molar-refractivity contribution in [1.82, 2.24) is 9.97 Å². The second-order valence-electron chi connectivity index (χ2n) is 3.89. The maximum Gasteiger partial charge on any atom is 0.173 e. The van der Waals surface area contributed by atoms with Gasteiger partial charge in [0.05, 0.1) is 16.9 Å². The zero-order valence-corrected chi connectivity index (χ0v) is 11.8. The summed E-state index contributed by atoms with van der Waals surface area (Å²) in [6, 6.07) is 3.98. The van der Waals surface area contributed by atoms with E-state index in [2.05, 4.69) is 15.4 Å². The fourth-order valence-corrected chi connectivity index (χ4v) is 3.47. The van der Waals surface area contributed by atoms with Gasteiger partial charge >= 0.3 is 0 Å². The third kappa shape index (κ3) is 2.21. The topological polar surface area (TPSA) is 73.1 Å². The molecular formula is C12H12N4OS2. The van der Waals surface area contributed by atoms with Crippen LogP contribution in [0.25, 0.3) is 20.9 Å². The molecule has 0 aliphatic rings. The molecule has 0 radical (unpaired) electrons. The molecule has 0 bridgehead atoms. The largest absolute Gasteiger partial charge is 0.380 e. The molecule has 3 heterocycles. The number of hydrogen-bond donors (Lipinski definition) is 2. The predicted octanol–water partition coefficient (Wildman–Crippen LogP) is 2.85. The Morgan fingerprint density at radius 1 is 1.37 bits per heavy atom. The number of hydrazine groups is 1. The van der Waals surface area contributed by atoms with Crippen molar-refractivity contribution in [3.63, 3.8) is 0 Å². The molecule has 0 spiro atoms. The van der Waals surface area contributed by atoms with Gasteiger partial charge in [0.1, 0.15) is 4.83 Å². The molecule has 3 rings (SSSR count). The minimum absolute atomic E-state index is 0.524.